The van der Waals surface area contributed by atoms with E-state index in [2.05, 4.69) is 27.8 Å². The highest BCUT2D eigenvalue weighted by atomic mass is 79.9. The Morgan fingerprint density at radius 2 is 2.28 bits per heavy atom. The minimum Gasteiger partial charge on any atom is -0.457 e. The standard InChI is InChI=1S/C14H18BrNO2/c1-2-16-9-5-6-11(10-16)18-14(17)12-7-3-4-8-13(12)15/h3-4,7-8,11H,2,5-6,9-10H2,1H3/t11-/m1/s1. The molecule has 0 radical (unpaired) electrons. The van der Waals surface area contributed by atoms with E-state index in [-0.39, 0.29) is 12.1 Å². The molecule has 0 aromatic heterocycles. The molecule has 1 aromatic carbocycles. The number of halogens is 1. The molecule has 1 fully saturated rings. The molecule has 1 heterocycles. The summed E-state index contributed by atoms with van der Waals surface area (Å²) in [6, 6.07) is 7.38. The Hall–Kier alpha value is -0.870. The number of benzene rings is 1. The molecule has 1 atom stereocenters. The first-order valence-corrected chi connectivity index (χ1v) is 7.18. The van der Waals surface area contributed by atoms with Crippen LogP contribution in [-0.4, -0.2) is 36.6 Å². The minimum atomic E-state index is -0.231. The lowest BCUT2D eigenvalue weighted by molar-refractivity contribution is 0.00765. The van der Waals surface area contributed by atoms with Gasteiger partial charge in [0.25, 0.3) is 0 Å². The maximum Gasteiger partial charge on any atom is 0.339 e. The van der Waals surface area contributed by atoms with Gasteiger partial charge in [-0.25, -0.2) is 4.79 Å². The van der Waals surface area contributed by atoms with Gasteiger partial charge >= 0.3 is 5.97 Å². The second-order valence-electron chi connectivity index (χ2n) is 4.54. The number of hydrogen-bond donors (Lipinski definition) is 0. The molecule has 0 saturated carbocycles. The average molecular weight is 312 g/mol. The van der Waals surface area contributed by atoms with E-state index in [1.165, 1.54) is 0 Å². The van der Waals surface area contributed by atoms with Crippen LogP contribution in [0.5, 0.6) is 0 Å². The normalized spacial score (nSPS) is 20.7. The molecule has 1 saturated heterocycles. The summed E-state index contributed by atoms with van der Waals surface area (Å²) in [4.78, 5) is 14.4. The number of nitrogens with zero attached hydrogens (tertiary/aromatic N) is 1. The van der Waals surface area contributed by atoms with Gasteiger partial charge in [-0.3, -0.25) is 4.90 Å². The molecule has 0 aliphatic carbocycles. The second kappa shape index (κ2) is 6.34. The van der Waals surface area contributed by atoms with Crippen LogP contribution < -0.4 is 0 Å². The fourth-order valence-corrected chi connectivity index (χ4v) is 2.68. The van der Waals surface area contributed by atoms with Crippen LogP contribution in [0.3, 0.4) is 0 Å². The van der Waals surface area contributed by atoms with Crippen LogP contribution in [0.1, 0.15) is 30.1 Å². The zero-order valence-electron chi connectivity index (χ0n) is 10.6. The molecule has 0 N–H and O–H groups in total. The Kier molecular flexibility index (Phi) is 4.78. The molecule has 2 rings (SSSR count). The molecule has 1 aliphatic heterocycles. The highest BCUT2D eigenvalue weighted by molar-refractivity contribution is 9.10. The van der Waals surface area contributed by atoms with E-state index < -0.39 is 0 Å². The smallest absolute Gasteiger partial charge is 0.339 e. The molecule has 3 nitrogen and oxygen atoms in total. The van der Waals surface area contributed by atoms with Gasteiger partial charge in [-0.15, -0.1) is 0 Å². The fourth-order valence-electron chi connectivity index (χ4n) is 2.24. The molecule has 4 heteroatoms. The lowest BCUT2D eigenvalue weighted by atomic mass is 10.1. The molecule has 0 amide bonds. The zero-order valence-corrected chi connectivity index (χ0v) is 12.1. The van der Waals surface area contributed by atoms with E-state index in [9.17, 15) is 4.79 Å². The quantitative estimate of drug-likeness (QED) is 0.803. The first kappa shape index (κ1) is 13.6. The van der Waals surface area contributed by atoms with Gasteiger partial charge in [0.1, 0.15) is 6.10 Å². The van der Waals surface area contributed by atoms with Gasteiger partial charge < -0.3 is 4.74 Å². The first-order valence-electron chi connectivity index (χ1n) is 6.38. The largest absolute Gasteiger partial charge is 0.457 e. The molecule has 98 valence electrons. The van der Waals surface area contributed by atoms with E-state index in [0.717, 1.165) is 36.9 Å². The van der Waals surface area contributed by atoms with Gasteiger partial charge in [0.2, 0.25) is 0 Å². The predicted molar refractivity (Wildman–Crippen MR) is 74.7 cm³/mol. The van der Waals surface area contributed by atoms with E-state index in [1.807, 2.05) is 18.2 Å². The summed E-state index contributed by atoms with van der Waals surface area (Å²) < 4.78 is 6.37. The SMILES string of the molecule is CCN1CCC[C@@H](OC(=O)c2ccccc2Br)C1. The summed E-state index contributed by atoms with van der Waals surface area (Å²) in [6.07, 6.45) is 2.09. The highest BCUT2D eigenvalue weighted by Crippen LogP contribution is 2.20. The van der Waals surface area contributed by atoms with Crippen molar-refractivity contribution in [1.29, 1.82) is 0 Å². The van der Waals surface area contributed by atoms with Crippen LogP contribution in [0.2, 0.25) is 0 Å². The summed E-state index contributed by atoms with van der Waals surface area (Å²) in [6.45, 7) is 5.12. The van der Waals surface area contributed by atoms with Gasteiger partial charge in [0.05, 0.1) is 5.56 Å². The summed E-state index contributed by atoms with van der Waals surface area (Å²) in [7, 11) is 0. The van der Waals surface area contributed by atoms with Gasteiger partial charge in [-0.2, -0.15) is 0 Å². The van der Waals surface area contributed by atoms with E-state index >= 15 is 0 Å². The van der Waals surface area contributed by atoms with Crippen LogP contribution in [0.4, 0.5) is 0 Å². The molecule has 18 heavy (non-hydrogen) atoms. The monoisotopic (exact) mass is 311 g/mol. The number of ether oxygens (including phenoxy) is 1. The summed E-state index contributed by atoms with van der Waals surface area (Å²) in [5, 5.41) is 0. The van der Waals surface area contributed by atoms with Crippen molar-refractivity contribution in [3.8, 4) is 0 Å². The Morgan fingerprint density at radius 1 is 1.50 bits per heavy atom. The van der Waals surface area contributed by atoms with Crippen LogP contribution in [0.25, 0.3) is 0 Å². The van der Waals surface area contributed by atoms with Crippen molar-refractivity contribution in [2.75, 3.05) is 19.6 Å². The van der Waals surface area contributed by atoms with Gasteiger partial charge in [-0.05, 0) is 54.0 Å². The van der Waals surface area contributed by atoms with Crippen LogP contribution in [-0.2, 0) is 4.74 Å². The average Bonchev–Trinajstić information content (AvgIpc) is 2.39. The molecular weight excluding hydrogens is 294 g/mol. The third kappa shape index (κ3) is 3.33. The molecule has 0 bridgehead atoms. The van der Waals surface area contributed by atoms with Crippen molar-refractivity contribution in [2.24, 2.45) is 0 Å². The number of likely N-dealkylation sites (N-methyl/N-ethyl adjacent to an activating group) is 1. The first-order chi connectivity index (χ1) is 8.70. The number of piperidine rings is 1. The number of carbonyl (C=O) groups excluding carboxylic acids is 1. The highest BCUT2D eigenvalue weighted by Gasteiger charge is 2.23. The lowest BCUT2D eigenvalue weighted by Crippen LogP contribution is -2.40. The summed E-state index contributed by atoms with van der Waals surface area (Å²) in [5.74, 6) is -0.231. The number of carbonyl (C=O) groups is 1. The van der Waals surface area contributed by atoms with Crippen LogP contribution >= 0.6 is 15.9 Å². The Labute approximate surface area is 116 Å². The maximum absolute atomic E-state index is 12.1. The lowest BCUT2D eigenvalue weighted by Gasteiger charge is -2.31. The molecule has 0 unspecified atom stereocenters. The summed E-state index contributed by atoms with van der Waals surface area (Å²) >= 11 is 3.38. The molecule has 1 aliphatic rings. The van der Waals surface area contributed by atoms with Crippen molar-refractivity contribution >= 4 is 21.9 Å². The Bertz CT molecular complexity index is 422. The summed E-state index contributed by atoms with van der Waals surface area (Å²) in [5.41, 5.74) is 0.603. The molecule has 0 spiro atoms. The van der Waals surface area contributed by atoms with Crippen molar-refractivity contribution in [3.63, 3.8) is 0 Å². The number of likely N-dealkylation sites (tertiary alicyclic amines) is 1. The molecule has 1 aromatic rings. The van der Waals surface area contributed by atoms with Crippen molar-refractivity contribution in [1.82, 2.24) is 4.90 Å². The van der Waals surface area contributed by atoms with E-state index in [0.29, 0.717) is 5.56 Å². The topological polar surface area (TPSA) is 29.5 Å². The maximum atomic E-state index is 12.1. The predicted octanol–water partition coefficient (Wildman–Crippen LogP) is 3.09. The van der Waals surface area contributed by atoms with Gasteiger partial charge in [0, 0.05) is 11.0 Å². The number of rotatable bonds is 3. The van der Waals surface area contributed by atoms with E-state index in [4.69, 9.17) is 4.74 Å². The van der Waals surface area contributed by atoms with Crippen LogP contribution in [0.15, 0.2) is 28.7 Å². The zero-order chi connectivity index (χ0) is 13.0. The van der Waals surface area contributed by atoms with Gasteiger partial charge in [0.15, 0.2) is 0 Å². The van der Waals surface area contributed by atoms with Crippen molar-refractivity contribution in [3.05, 3.63) is 34.3 Å². The molecular formula is C14H18BrNO2. The van der Waals surface area contributed by atoms with Crippen LogP contribution in [0, 0.1) is 0 Å². The van der Waals surface area contributed by atoms with Crippen molar-refractivity contribution in [2.45, 2.75) is 25.9 Å². The number of hydrogen-bond acceptors (Lipinski definition) is 3. The third-order valence-electron chi connectivity index (χ3n) is 3.28. The third-order valence-corrected chi connectivity index (χ3v) is 3.97. The second-order valence-corrected chi connectivity index (χ2v) is 5.40. The van der Waals surface area contributed by atoms with Crippen molar-refractivity contribution < 1.29 is 9.53 Å². The van der Waals surface area contributed by atoms with E-state index in [1.54, 1.807) is 6.07 Å². The fraction of sp³-hybridized carbons (Fsp3) is 0.500. The minimum absolute atomic E-state index is 0.0262. The Balaban J connectivity index is 1.97. The Morgan fingerprint density at radius 3 is 3.00 bits per heavy atom. The number of esters is 1. The van der Waals surface area contributed by atoms with Gasteiger partial charge in [-0.1, -0.05) is 19.1 Å².